The zero-order valence-electron chi connectivity index (χ0n) is 17.9. The summed E-state index contributed by atoms with van der Waals surface area (Å²) in [5, 5.41) is 5.37. The summed E-state index contributed by atoms with van der Waals surface area (Å²) in [6, 6.07) is 16.5. The van der Waals surface area contributed by atoms with Gasteiger partial charge in [0, 0.05) is 34.7 Å². The first-order chi connectivity index (χ1) is 15.2. The van der Waals surface area contributed by atoms with Gasteiger partial charge in [-0.15, -0.1) is 0 Å². The Bertz CT molecular complexity index is 1070. The van der Waals surface area contributed by atoms with Gasteiger partial charge >= 0.3 is 0 Å². The number of benzene rings is 2. The highest BCUT2D eigenvalue weighted by Gasteiger charge is 2.30. The molecule has 3 aromatic rings. The first-order valence-electron chi connectivity index (χ1n) is 11.5. The second kappa shape index (κ2) is 9.05. The number of rotatable bonds is 5. The topological polar surface area (TPSA) is 48.1 Å². The van der Waals surface area contributed by atoms with Crippen LogP contribution in [0.4, 0.5) is 0 Å². The maximum Gasteiger partial charge on any atom is 0.229 e. The largest absolute Gasteiger partial charge is 0.357 e. The van der Waals surface area contributed by atoms with E-state index in [2.05, 4.69) is 51.6 Å². The van der Waals surface area contributed by atoms with Crippen LogP contribution in [0, 0.1) is 5.92 Å². The van der Waals surface area contributed by atoms with Gasteiger partial charge in [0.25, 0.3) is 0 Å². The number of fused-ring (bicyclic) bond motifs is 3. The summed E-state index contributed by atoms with van der Waals surface area (Å²) in [6.07, 6.45) is 5.33. The first-order valence-corrected chi connectivity index (χ1v) is 11.9. The highest BCUT2D eigenvalue weighted by atomic mass is 35.5. The molecule has 1 aliphatic carbocycles. The molecular weight excluding hydrogens is 406 g/mol. The number of halogens is 1. The summed E-state index contributed by atoms with van der Waals surface area (Å²) in [4.78, 5) is 19.1. The van der Waals surface area contributed by atoms with Crippen molar-refractivity contribution >= 4 is 28.4 Å². The Kier molecular flexibility index (Phi) is 6.02. The molecular formula is C26H30ClN3O. The Labute approximate surface area is 189 Å². The van der Waals surface area contributed by atoms with E-state index in [9.17, 15) is 4.79 Å². The lowest BCUT2D eigenvalue weighted by atomic mass is 9.86. The van der Waals surface area contributed by atoms with Crippen molar-refractivity contribution in [2.75, 3.05) is 19.6 Å². The predicted molar refractivity (Wildman–Crippen MR) is 126 cm³/mol. The molecule has 162 valence electrons. The Morgan fingerprint density at radius 1 is 1.10 bits per heavy atom. The van der Waals surface area contributed by atoms with E-state index in [1.165, 1.54) is 16.5 Å². The number of aromatic amines is 1. The van der Waals surface area contributed by atoms with E-state index >= 15 is 0 Å². The van der Waals surface area contributed by atoms with Gasteiger partial charge in [0.15, 0.2) is 0 Å². The van der Waals surface area contributed by atoms with Gasteiger partial charge in [-0.25, -0.2) is 0 Å². The van der Waals surface area contributed by atoms with Crippen molar-refractivity contribution in [3.63, 3.8) is 0 Å². The minimum absolute atomic E-state index is 0.0425. The average Bonchev–Trinajstić information content (AvgIpc) is 3.17. The number of hydrogen-bond acceptors (Lipinski definition) is 2. The van der Waals surface area contributed by atoms with Crippen LogP contribution in [0.5, 0.6) is 0 Å². The first kappa shape index (κ1) is 20.6. The molecule has 2 N–H and O–H groups in total. The van der Waals surface area contributed by atoms with E-state index in [1.807, 2.05) is 12.1 Å². The molecule has 5 heteroatoms. The van der Waals surface area contributed by atoms with Gasteiger partial charge in [-0.05, 0) is 80.4 Å². The zero-order chi connectivity index (χ0) is 21.2. The van der Waals surface area contributed by atoms with Gasteiger partial charge in [0.05, 0.1) is 5.92 Å². The zero-order valence-corrected chi connectivity index (χ0v) is 18.6. The smallest absolute Gasteiger partial charge is 0.229 e. The molecule has 1 saturated heterocycles. The number of H-pyrrole nitrogens is 1. The average molecular weight is 436 g/mol. The number of likely N-dealkylation sites (tertiary alicyclic amines) is 1. The number of hydrogen-bond donors (Lipinski definition) is 2. The van der Waals surface area contributed by atoms with Crippen molar-refractivity contribution in [3.8, 4) is 0 Å². The molecule has 0 saturated carbocycles. The standard InChI is InChI=1S/C26H30ClN3O/c27-20-6-3-5-19(15-20)17-30-13-11-18(12-14-30)16-28-26(31)23-9-4-8-22-21-7-1-2-10-24(21)29-25(22)23/h1-3,5-7,10,15,18,23,29H,4,8-9,11-14,16-17H2,(H,28,31)/t23-/m1/s1. The maximum atomic E-state index is 13.1. The van der Waals surface area contributed by atoms with Crippen LogP contribution in [-0.2, 0) is 17.8 Å². The SMILES string of the molecule is O=C(NCC1CCN(Cc2cccc(Cl)c2)CC1)[C@@H]1CCCc2c1[nH]c1ccccc21. The molecule has 4 nitrogen and oxygen atoms in total. The van der Waals surface area contributed by atoms with Crippen LogP contribution >= 0.6 is 11.6 Å². The Morgan fingerprint density at radius 2 is 1.94 bits per heavy atom. The van der Waals surface area contributed by atoms with Gasteiger partial charge in [-0.1, -0.05) is 41.9 Å². The Hall–Kier alpha value is -2.30. The number of para-hydroxylation sites is 1. The molecule has 2 heterocycles. The van der Waals surface area contributed by atoms with Gasteiger partial charge < -0.3 is 10.3 Å². The molecule has 0 spiro atoms. The third kappa shape index (κ3) is 4.51. The third-order valence-electron chi connectivity index (χ3n) is 7.00. The molecule has 2 aliphatic rings. The van der Waals surface area contributed by atoms with Crippen molar-refractivity contribution in [2.24, 2.45) is 5.92 Å². The number of nitrogens with zero attached hydrogens (tertiary/aromatic N) is 1. The summed E-state index contributed by atoms with van der Waals surface area (Å²) < 4.78 is 0. The molecule has 1 atom stereocenters. The van der Waals surface area contributed by atoms with E-state index < -0.39 is 0 Å². The van der Waals surface area contributed by atoms with Crippen molar-refractivity contribution in [2.45, 2.75) is 44.6 Å². The summed E-state index contributed by atoms with van der Waals surface area (Å²) in [5.41, 5.74) is 4.91. The van der Waals surface area contributed by atoms with E-state index in [1.54, 1.807) is 0 Å². The maximum absolute atomic E-state index is 13.1. The highest BCUT2D eigenvalue weighted by Crippen LogP contribution is 2.36. The van der Waals surface area contributed by atoms with Crippen LogP contribution in [0.1, 0.15) is 48.4 Å². The monoisotopic (exact) mass is 435 g/mol. The summed E-state index contributed by atoms with van der Waals surface area (Å²) in [5.74, 6) is 0.707. The van der Waals surface area contributed by atoms with E-state index in [-0.39, 0.29) is 11.8 Å². The molecule has 31 heavy (non-hydrogen) atoms. The van der Waals surface area contributed by atoms with Crippen molar-refractivity contribution in [1.82, 2.24) is 15.2 Å². The van der Waals surface area contributed by atoms with Crippen LogP contribution in [0.25, 0.3) is 10.9 Å². The fourth-order valence-corrected chi connectivity index (χ4v) is 5.50. The predicted octanol–water partition coefficient (Wildman–Crippen LogP) is 5.27. The number of carbonyl (C=O) groups is 1. The molecule has 1 aliphatic heterocycles. The number of piperidine rings is 1. The van der Waals surface area contributed by atoms with Gasteiger partial charge in [-0.2, -0.15) is 0 Å². The van der Waals surface area contributed by atoms with Crippen LogP contribution in [0.3, 0.4) is 0 Å². The molecule has 2 aromatic carbocycles. The normalized spacial score (nSPS) is 20.0. The lowest BCUT2D eigenvalue weighted by Crippen LogP contribution is -2.40. The van der Waals surface area contributed by atoms with E-state index in [4.69, 9.17) is 11.6 Å². The van der Waals surface area contributed by atoms with Gasteiger partial charge in [0.1, 0.15) is 0 Å². The Morgan fingerprint density at radius 3 is 2.77 bits per heavy atom. The highest BCUT2D eigenvalue weighted by molar-refractivity contribution is 6.30. The Balaban J connectivity index is 1.14. The number of nitrogens with one attached hydrogen (secondary N) is 2. The minimum Gasteiger partial charge on any atom is -0.357 e. The molecule has 0 unspecified atom stereocenters. The van der Waals surface area contributed by atoms with Crippen LogP contribution in [0.2, 0.25) is 5.02 Å². The van der Waals surface area contributed by atoms with Crippen molar-refractivity contribution in [3.05, 3.63) is 70.4 Å². The second-order valence-corrected chi connectivity index (χ2v) is 9.54. The summed E-state index contributed by atoms with van der Waals surface area (Å²) in [7, 11) is 0. The molecule has 1 aromatic heterocycles. The van der Waals surface area contributed by atoms with Crippen LogP contribution in [-0.4, -0.2) is 35.4 Å². The fraction of sp³-hybridized carbons (Fsp3) is 0.423. The summed E-state index contributed by atoms with van der Waals surface area (Å²) in [6.45, 7) is 3.88. The number of aromatic nitrogens is 1. The summed E-state index contributed by atoms with van der Waals surface area (Å²) >= 11 is 6.11. The number of carbonyl (C=O) groups excluding carboxylic acids is 1. The fourth-order valence-electron chi connectivity index (χ4n) is 5.29. The van der Waals surface area contributed by atoms with Crippen LogP contribution < -0.4 is 5.32 Å². The molecule has 5 rings (SSSR count). The van der Waals surface area contributed by atoms with Crippen molar-refractivity contribution in [1.29, 1.82) is 0 Å². The van der Waals surface area contributed by atoms with Crippen molar-refractivity contribution < 1.29 is 4.79 Å². The molecule has 1 fully saturated rings. The van der Waals surface area contributed by atoms with Gasteiger partial charge in [-0.3, -0.25) is 9.69 Å². The number of aryl methyl sites for hydroxylation is 1. The van der Waals surface area contributed by atoms with E-state index in [0.29, 0.717) is 5.92 Å². The second-order valence-electron chi connectivity index (χ2n) is 9.10. The molecule has 0 bridgehead atoms. The quantitative estimate of drug-likeness (QED) is 0.573. The minimum atomic E-state index is -0.0425. The molecule has 1 amide bonds. The van der Waals surface area contributed by atoms with Gasteiger partial charge in [0.2, 0.25) is 5.91 Å². The van der Waals surface area contributed by atoms with E-state index in [0.717, 1.165) is 74.5 Å². The van der Waals surface area contributed by atoms with Crippen LogP contribution in [0.15, 0.2) is 48.5 Å². The lowest BCUT2D eigenvalue weighted by molar-refractivity contribution is -0.123. The lowest BCUT2D eigenvalue weighted by Gasteiger charge is -2.32. The molecule has 0 radical (unpaired) electrons. The third-order valence-corrected chi connectivity index (χ3v) is 7.23. The number of amides is 1.